The van der Waals surface area contributed by atoms with Gasteiger partial charge in [-0.25, -0.2) is 0 Å². The Kier molecular flexibility index (Phi) is 6.16. The summed E-state index contributed by atoms with van der Waals surface area (Å²) in [5.74, 6) is 1.96. The summed E-state index contributed by atoms with van der Waals surface area (Å²) in [4.78, 5) is 0.131. The molecule has 3 aromatic carbocycles. The van der Waals surface area contributed by atoms with Crippen LogP contribution >= 0.6 is 0 Å². The van der Waals surface area contributed by atoms with Crippen molar-refractivity contribution in [3.05, 3.63) is 96.3 Å². The van der Waals surface area contributed by atoms with Gasteiger partial charge in [0, 0.05) is 18.1 Å². The average Bonchev–Trinajstić information content (AvgIpc) is 3.24. The molecule has 4 rings (SSSR count). The summed E-state index contributed by atoms with van der Waals surface area (Å²) in [5.41, 5.74) is 2.44. The SMILES string of the molecule is Cc1ccc(S(=O)(=O)OCCc2cc(-c3cccc(Oc4ccccc4)c3)no2)cc1. The smallest absolute Gasteiger partial charge is 0.296 e. The van der Waals surface area contributed by atoms with E-state index in [1.807, 2.05) is 61.5 Å². The maximum atomic E-state index is 12.3. The molecule has 7 heteroatoms. The highest BCUT2D eigenvalue weighted by Crippen LogP contribution is 2.27. The minimum atomic E-state index is -3.81. The van der Waals surface area contributed by atoms with E-state index in [0.717, 1.165) is 16.9 Å². The fourth-order valence-corrected chi connectivity index (χ4v) is 3.84. The third-order valence-corrected chi connectivity index (χ3v) is 5.89. The molecule has 0 amide bonds. The summed E-state index contributed by atoms with van der Waals surface area (Å²) in [6, 6.07) is 25.3. The first-order chi connectivity index (χ1) is 15.0. The number of ether oxygens (including phenoxy) is 1. The molecule has 0 aliphatic rings. The first-order valence-electron chi connectivity index (χ1n) is 9.75. The van der Waals surface area contributed by atoms with E-state index in [2.05, 4.69) is 5.16 Å². The van der Waals surface area contributed by atoms with Gasteiger partial charge in [-0.1, -0.05) is 53.2 Å². The molecule has 31 heavy (non-hydrogen) atoms. The topological polar surface area (TPSA) is 78.6 Å². The zero-order valence-corrected chi connectivity index (χ0v) is 17.7. The van der Waals surface area contributed by atoms with Crippen LogP contribution in [0.15, 0.2) is 94.3 Å². The van der Waals surface area contributed by atoms with Gasteiger partial charge in [0.15, 0.2) is 0 Å². The Hall–Kier alpha value is -3.42. The number of aryl methyl sites for hydroxylation is 1. The van der Waals surface area contributed by atoms with Gasteiger partial charge in [0.1, 0.15) is 23.0 Å². The molecule has 158 valence electrons. The Morgan fingerprint density at radius 1 is 0.871 bits per heavy atom. The van der Waals surface area contributed by atoms with Gasteiger partial charge in [-0.05, 0) is 43.3 Å². The highest BCUT2D eigenvalue weighted by molar-refractivity contribution is 7.86. The second-order valence-electron chi connectivity index (χ2n) is 6.96. The van der Waals surface area contributed by atoms with Crippen LogP contribution in [-0.4, -0.2) is 20.2 Å². The lowest BCUT2D eigenvalue weighted by Gasteiger charge is -2.06. The maximum absolute atomic E-state index is 12.3. The van der Waals surface area contributed by atoms with E-state index in [-0.39, 0.29) is 17.9 Å². The van der Waals surface area contributed by atoms with E-state index in [1.54, 1.807) is 18.2 Å². The highest BCUT2D eigenvalue weighted by Gasteiger charge is 2.16. The van der Waals surface area contributed by atoms with Crippen molar-refractivity contribution in [1.82, 2.24) is 5.16 Å². The number of hydrogen-bond acceptors (Lipinski definition) is 6. The molecule has 0 N–H and O–H groups in total. The molecule has 0 spiro atoms. The summed E-state index contributed by atoms with van der Waals surface area (Å²) in [6.45, 7) is 1.85. The van der Waals surface area contributed by atoms with Crippen molar-refractivity contribution in [2.45, 2.75) is 18.2 Å². The quantitative estimate of drug-likeness (QED) is 0.345. The van der Waals surface area contributed by atoms with E-state index in [0.29, 0.717) is 17.2 Å². The molecule has 1 heterocycles. The Balaban J connectivity index is 1.38. The van der Waals surface area contributed by atoms with Gasteiger partial charge in [-0.2, -0.15) is 8.42 Å². The van der Waals surface area contributed by atoms with Crippen LogP contribution in [0.2, 0.25) is 0 Å². The van der Waals surface area contributed by atoms with Crippen LogP contribution in [0.25, 0.3) is 11.3 Å². The molecule has 6 nitrogen and oxygen atoms in total. The minimum Gasteiger partial charge on any atom is -0.457 e. The van der Waals surface area contributed by atoms with Crippen molar-refractivity contribution in [3.63, 3.8) is 0 Å². The lowest BCUT2D eigenvalue weighted by Crippen LogP contribution is -2.09. The van der Waals surface area contributed by atoms with E-state index >= 15 is 0 Å². The van der Waals surface area contributed by atoms with E-state index < -0.39 is 10.1 Å². The third-order valence-electron chi connectivity index (χ3n) is 4.56. The van der Waals surface area contributed by atoms with Crippen LogP contribution < -0.4 is 4.74 Å². The van der Waals surface area contributed by atoms with Crippen molar-refractivity contribution in [3.8, 4) is 22.8 Å². The monoisotopic (exact) mass is 435 g/mol. The third kappa shape index (κ3) is 5.39. The molecule has 0 saturated carbocycles. The van der Waals surface area contributed by atoms with E-state index in [1.165, 1.54) is 12.1 Å². The van der Waals surface area contributed by atoms with Gasteiger partial charge < -0.3 is 9.26 Å². The summed E-state index contributed by atoms with van der Waals surface area (Å²) in [6.07, 6.45) is 0.276. The van der Waals surface area contributed by atoms with Crippen LogP contribution in [0, 0.1) is 6.92 Å². The average molecular weight is 436 g/mol. The van der Waals surface area contributed by atoms with Crippen molar-refractivity contribution < 1.29 is 21.9 Å². The van der Waals surface area contributed by atoms with Gasteiger partial charge in [-0.3, -0.25) is 4.18 Å². The van der Waals surface area contributed by atoms with Gasteiger partial charge in [-0.15, -0.1) is 0 Å². The molecule has 0 bridgehead atoms. The zero-order chi connectivity index (χ0) is 21.7. The molecular formula is C24H21NO5S. The van der Waals surface area contributed by atoms with E-state index in [4.69, 9.17) is 13.4 Å². The Morgan fingerprint density at radius 3 is 2.39 bits per heavy atom. The van der Waals surface area contributed by atoms with Crippen LogP contribution in [0.1, 0.15) is 11.3 Å². The number of para-hydroxylation sites is 1. The second kappa shape index (κ2) is 9.16. The number of rotatable bonds is 8. The minimum absolute atomic E-state index is 0.0397. The van der Waals surface area contributed by atoms with Crippen molar-refractivity contribution in [2.24, 2.45) is 0 Å². The van der Waals surface area contributed by atoms with Crippen molar-refractivity contribution in [1.29, 1.82) is 0 Å². The van der Waals surface area contributed by atoms with E-state index in [9.17, 15) is 8.42 Å². The van der Waals surface area contributed by atoms with Gasteiger partial charge >= 0.3 is 0 Å². The molecule has 0 fully saturated rings. The van der Waals surface area contributed by atoms with Crippen LogP contribution in [0.3, 0.4) is 0 Å². The fraction of sp³-hybridized carbons (Fsp3) is 0.125. The lowest BCUT2D eigenvalue weighted by molar-refractivity contribution is 0.298. The molecule has 0 saturated heterocycles. The van der Waals surface area contributed by atoms with Crippen molar-refractivity contribution in [2.75, 3.05) is 6.61 Å². The number of hydrogen-bond donors (Lipinski definition) is 0. The molecule has 0 atom stereocenters. The van der Waals surface area contributed by atoms with Gasteiger partial charge in [0.2, 0.25) is 0 Å². The normalized spacial score (nSPS) is 11.4. The Labute approximate surface area is 181 Å². The molecule has 0 aliphatic carbocycles. The highest BCUT2D eigenvalue weighted by atomic mass is 32.2. The fourth-order valence-electron chi connectivity index (χ4n) is 2.94. The first-order valence-corrected chi connectivity index (χ1v) is 11.2. The summed E-state index contributed by atoms with van der Waals surface area (Å²) in [5, 5.41) is 4.08. The Bertz CT molecular complexity index is 1250. The number of aromatic nitrogens is 1. The summed E-state index contributed by atoms with van der Waals surface area (Å²) < 4.78 is 40.9. The summed E-state index contributed by atoms with van der Waals surface area (Å²) >= 11 is 0. The number of benzene rings is 3. The molecule has 0 radical (unpaired) electrons. The lowest BCUT2D eigenvalue weighted by atomic mass is 10.1. The maximum Gasteiger partial charge on any atom is 0.296 e. The summed E-state index contributed by atoms with van der Waals surface area (Å²) in [7, 11) is -3.81. The predicted octanol–water partition coefficient (Wildman–Crippen LogP) is 5.39. The van der Waals surface area contributed by atoms with Crippen LogP contribution in [0.4, 0.5) is 0 Å². The molecule has 0 unspecified atom stereocenters. The molecule has 1 aromatic heterocycles. The zero-order valence-electron chi connectivity index (χ0n) is 16.9. The van der Waals surface area contributed by atoms with Crippen molar-refractivity contribution >= 4 is 10.1 Å². The second-order valence-corrected chi connectivity index (χ2v) is 8.58. The Morgan fingerprint density at radius 2 is 1.61 bits per heavy atom. The van der Waals surface area contributed by atoms with Crippen LogP contribution in [-0.2, 0) is 20.7 Å². The predicted molar refractivity (Wildman–Crippen MR) is 116 cm³/mol. The van der Waals surface area contributed by atoms with Gasteiger partial charge in [0.05, 0.1) is 11.5 Å². The molecule has 4 aromatic rings. The standard InChI is InChI=1S/C24H21NO5S/c1-18-10-12-23(13-11-18)31(26,27)28-15-14-22-17-24(25-30-22)19-6-5-9-21(16-19)29-20-7-3-2-4-8-20/h2-13,16-17H,14-15H2,1H3. The van der Waals surface area contributed by atoms with Gasteiger partial charge in [0.25, 0.3) is 10.1 Å². The number of nitrogens with zero attached hydrogens (tertiary/aromatic N) is 1. The largest absolute Gasteiger partial charge is 0.457 e. The van der Waals surface area contributed by atoms with Crippen LogP contribution in [0.5, 0.6) is 11.5 Å². The molecular weight excluding hydrogens is 414 g/mol. The molecule has 0 aliphatic heterocycles. The first kappa shape index (κ1) is 20.8.